The summed E-state index contributed by atoms with van der Waals surface area (Å²) >= 11 is 3.14. The quantitative estimate of drug-likeness (QED) is 0.662. The number of hydrogen-bond acceptors (Lipinski definition) is 3. The van der Waals surface area contributed by atoms with Gasteiger partial charge in [0.1, 0.15) is 11.1 Å². The summed E-state index contributed by atoms with van der Waals surface area (Å²) in [6.07, 6.45) is -4.63. The molecule has 0 atom stereocenters. The van der Waals surface area contributed by atoms with E-state index in [1.807, 2.05) is 13.8 Å². The third-order valence-electron chi connectivity index (χ3n) is 3.10. The van der Waals surface area contributed by atoms with Crippen LogP contribution in [0.25, 0.3) is 5.65 Å². The zero-order valence-electron chi connectivity index (χ0n) is 12.7. The molecule has 0 bridgehead atoms. The van der Waals surface area contributed by atoms with Gasteiger partial charge < -0.3 is 10.4 Å². The number of carbonyl (C=O) groups is 1. The molecular weight excluding hydrogens is 397 g/mol. The van der Waals surface area contributed by atoms with Crippen LogP contribution in [0.4, 0.5) is 13.2 Å². The molecule has 0 aliphatic heterocycles. The number of nitrogens with zero attached hydrogens (tertiary/aromatic N) is 2. The normalized spacial score (nSPS) is 12.1. The predicted octanol–water partition coefficient (Wildman–Crippen LogP) is 1.33. The van der Waals surface area contributed by atoms with E-state index in [0.717, 1.165) is 4.52 Å². The second kappa shape index (κ2) is 6.46. The van der Waals surface area contributed by atoms with Crippen molar-refractivity contribution in [2.45, 2.75) is 26.6 Å². The second-order valence-corrected chi connectivity index (χ2v) is 6.46. The number of amides is 1. The van der Waals surface area contributed by atoms with Crippen molar-refractivity contribution in [3.05, 3.63) is 26.6 Å². The fourth-order valence-electron chi connectivity index (χ4n) is 2.19. The smallest absolute Gasteiger partial charge is 0.405 e. The first-order valence-corrected chi connectivity index (χ1v) is 7.71. The number of carbonyl (C=O) groups excluding carboxylic acids is 1. The summed E-state index contributed by atoms with van der Waals surface area (Å²) < 4.78 is 39.5. The molecule has 2 heterocycles. The Balaban J connectivity index is 2.61. The first-order chi connectivity index (χ1) is 11.0. The minimum Gasteiger partial charge on any atom is -0.477 e. The van der Waals surface area contributed by atoms with Gasteiger partial charge >= 0.3 is 23.3 Å². The van der Waals surface area contributed by atoms with Gasteiger partial charge in [-0.3, -0.25) is 4.79 Å². The number of fused-ring (bicyclic) bond motifs is 1. The largest absolute Gasteiger partial charge is 0.477 e. The molecule has 132 valence electrons. The number of H-pyrrole nitrogens is 1. The van der Waals surface area contributed by atoms with Crippen LogP contribution in [0, 0.1) is 5.92 Å². The zero-order chi connectivity index (χ0) is 18.2. The van der Waals surface area contributed by atoms with Crippen LogP contribution in [0.15, 0.2) is 15.5 Å². The Bertz CT molecular complexity index is 842. The summed E-state index contributed by atoms with van der Waals surface area (Å²) in [6.45, 7) is 2.34. The Morgan fingerprint density at radius 2 is 2.12 bits per heavy atom. The number of aromatic hydroxyl groups is 1. The lowest BCUT2D eigenvalue weighted by molar-refractivity contribution is -0.686. The van der Waals surface area contributed by atoms with Crippen molar-refractivity contribution >= 4 is 27.5 Å². The van der Waals surface area contributed by atoms with Gasteiger partial charge in [0.15, 0.2) is 0 Å². The fourth-order valence-corrected chi connectivity index (χ4v) is 2.57. The molecule has 24 heavy (non-hydrogen) atoms. The molecule has 2 aromatic rings. The van der Waals surface area contributed by atoms with E-state index in [2.05, 4.69) is 21.0 Å². The number of nitrogens with one attached hydrogen (secondary N) is 2. The standard InChI is InChI=1S/C13H14BrF3N4O3/c1-6(2)4-20-8-3-7(14)19-21(8)12(24)9(11(20)23)10(22)18-5-13(15,16)17/h3,6H,4-5H2,1-2H3,(H2,18,22,23,24)/p+1. The number of alkyl halides is 3. The first kappa shape index (κ1) is 18.3. The number of halogens is 4. The third kappa shape index (κ3) is 3.71. The highest BCUT2D eigenvalue weighted by molar-refractivity contribution is 9.10. The molecule has 0 aliphatic rings. The summed E-state index contributed by atoms with van der Waals surface area (Å²) in [6, 6.07) is 1.51. The predicted molar refractivity (Wildman–Crippen MR) is 80.8 cm³/mol. The molecule has 0 unspecified atom stereocenters. The summed E-state index contributed by atoms with van der Waals surface area (Å²) in [5.74, 6) is -1.94. The van der Waals surface area contributed by atoms with E-state index in [-0.39, 0.29) is 18.1 Å². The summed E-state index contributed by atoms with van der Waals surface area (Å²) in [4.78, 5) is 24.4. The van der Waals surface area contributed by atoms with E-state index in [9.17, 15) is 27.9 Å². The molecule has 0 saturated heterocycles. The maximum absolute atomic E-state index is 12.4. The Morgan fingerprint density at radius 1 is 1.50 bits per heavy atom. The Kier molecular flexibility index (Phi) is 4.92. The van der Waals surface area contributed by atoms with E-state index in [0.29, 0.717) is 4.60 Å². The summed E-state index contributed by atoms with van der Waals surface area (Å²) in [5.41, 5.74) is -1.44. The SMILES string of the molecule is CC(C)C[n+]1c(O)c(C(=O)NCC(F)(F)F)c(=O)n2[nH]c(Br)cc21. The van der Waals surface area contributed by atoms with Crippen LogP contribution in [-0.2, 0) is 6.54 Å². The van der Waals surface area contributed by atoms with E-state index in [1.165, 1.54) is 10.6 Å². The monoisotopic (exact) mass is 411 g/mol. The molecule has 0 radical (unpaired) electrons. The van der Waals surface area contributed by atoms with Crippen LogP contribution in [-0.4, -0.2) is 33.3 Å². The van der Waals surface area contributed by atoms with Crippen LogP contribution >= 0.6 is 15.9 Å². The van der Waals surface area contributed by atoms with Gasteiger partial charge in [-0.15, -0.1) is 0 Å². The highest BCUT2D eigenvalue weighted by Crippen LogP contribution is 2.16. The summed E-state index contributed by atoms with van der Waals surface area (Å²) in [7, 11) is 0. The minimum atomic E-state index is -4.63. The number of aromatic nitrogens is 3. The average molecular weight is 412 g/mol. The Hall–Kier alpha value is -2.04. The second-order valence-electron chi connectivity index (χ2n) is 5.60. The van der Waals surface area contributed by atoms with Crippen molar-refractivity contribution in [3.63, 3.8) is 0 Å². The van der Waals surface area contributed by atoms with Crippen LogP contribution in [0.5, 0.6) is 5.88 Å². The van der Waals surface area contributed by atoms with Crippen molar-refractivity contribution < 1.29 is 27.6 Å². The molecule has 2 aromatic heterocycles. The Morgan fingerprint density at radius 3 is 2.67 bits per heavy atom. The van der Waals surface area contributed by atoms with Crippen LogP contribution in [0.2, 0.25) is 0 Å². The number of aromatic amines is 1. The van der Waals surface area contributed by atoms with Gasteiger partial charge in [-0.1, -0.05) is 18.4 Å². The van der Waals surface area contributed by atoms with Crippen LogP contribution in [0.3, 0.4) is 0 Å². The Labute approximate surface area is 142 Å². The molecule has 0 aromatic carbocycles. The minimum absolute atomic E-state index is 0.0435. The molecule has 0 saturated carbocycles. The van der Waals surface area contributed by atoms with Crippen molar-refractivity contribution in [1.82, 2.24) is 14.9 Å². The van der Waals surface area contributed by atoms with E-state index in [1.54, 1.807) is 5.32 Å². The molecule has 0 fully saturated rings. The lowest BCUT2D eigenvalue weighted by atomic mass is 10.2. The van der Waals surface area contributed by atoms with Gasteiger partial charge in [0.25, 0.3) is 5.91 Å². The van der Waals surface area contributed by atoms with Crippen molar-refractivity contribution in [1.29, 1.82) is 0 Å². The maximum Gasteiger partial charge on any atom is 0.405 e. The molecule has 11 heteroatoms. The zero-order valence-corrected chi connectivity index (χ0v) is 14.3. The van der Waals surface area contributed by atoms with E-state index in [4.69, 9.17) is 0 Å². The van der Waals surface area contributed by atoms with Crippen molar-refractivity contribution in [2.75, 3.05) is 6.54 Å². The first-order valence-electron chi connectivity index (χ1n) is 6.92. The van der Waals surface area contributed by atoms with Crippen molar-refractivity contribution in [3.8, 4) is 5.88 Å². The van der Waals surface area contributed by atoms with Gasteiger partial charge in [0.05, 0.1) is 12.6 Å². The lowest BCUT2D eigenvalue weighted by Gasteiger charge is -2.11. The third-order valence-corrected chi connectivity index (χ3v) is 3.51. The molecule has 3 N–H and O–H groups in total. The van der Waals surface area contributed by atoms with Gasteiger partial charge in [-0.25, -0.2) is 9.89 Å². The fraction of sp³-hybridized carbons (Fsp3) is 0.462. The highest BCUT2D eigenvalue weighted by atomic mass is 79.9. The van der Waals surface area contributed by atoms with Crippen LogP contribution in [0.1, 0.15) is 24.2 Å². The molecule has 0 spiro atoms. The number of rotatable bonds is 4. The van der Waals surface area contributed by atoms with E-state index < -0.39 is 35.6 Å². The van der Waals surface area contributed by atoms with Gasteiger partial charge in [0.2, 0.25) is 5.56 Å². The lowest BCUT2D eigenvalue weighted by Crippen LogP contribution is -2.46. The topological polar surface area (TPSA) is 90.5 Å². The molecular formula is C13H15BrF3N4O3+. The van der Waals surface area contributed by atoms with Gasteiger partial charge in [-0.2, -0.15) is 17.7 Å². The molecule has 1 amide bonds. The molecule has 7 nitrogen and oxygen atoms in total. The summed E-state index contributed by atoms with van der Waals surface area (Å²) in [5, 5.41) is 14.5. The molecule has 2 rings (SSSR count). The molecule has 0 aliphatic carbocycles. The maximum atomic E-state index is 12.4. The van der Waals surface area contributed by atoms with Gasteiger partial charge in [-0.05, 0) is 21.8 Å². The number of hydrogen-bond donors (Lipinski definition) is 3. The van der Waals surface area contributed by atoms with E-state index >= 15 is 0 Å². The van der Waals surface area contributed by atoms with Gasteiger partial charge in [0, 0.05) is 0 Å². The van der Waals surface area contributed by atoms with Crippen molar-refractivity contribution in [2.24, 2.45) is 5.92 Å². The average Bonchev–Trinajstić information content (AvgIpc) is 2.82. The highest BCUT2D eigenvalue weighted by Gasteiger charge is 2.33. The van der Waals surface area contributed by atoms with Crippen LogP contribution < -0.4 is 15.4 Å².